The minimum Gasteiger partial charge on any atom is -0.434 e. The minimum absolute atomic E-state index is 0. The predicted molar refractivity (Wildman–Crippen MR) is 116 cm³/mol. The molecule has 0 saturated heterocycles. The van der Waals surface area contributed by atoms with Crippen LogP contribution in [-0.4, -0.2) is 24.3 Å². The van der Waals surface area contributed by atoms with E-state index in [2.05, 4.69) is 25.5 Å². The largest absolute Gasteiger partial charge is 0.434 e. The van der Waals surface area contributed by atoms with Gasteiger partial charge in [-0.1, -0.05) is 30.6 Å². The molecule has 0 bridgehead atoms. The SMILES string of the molecule is CCNC(=NCc1cc(Cl)ccc1OC(F)F)NCc1cc(C(C)C)no1.I. The van der Waals surface area contributed by atoms with Crippen molar-refractivity contribution in [2.24, 2.45) is 4.99 Å². The molecular weight excluding hydrogens is 505 g/mol. The van der Waals surface area contributed by atoms with Gasteiger partial charge in [0.05, 0.1) is 18.8 Å². The molecule has 1 aromatic carbocycles. The molecule has 0 aliphatic rings. The van der Waals surface area contributed by atoms with Crippen LogP contribution >= 0.6 is 35.6 Å². The van der Waals surface area contributed by atoms with E-state index in [1.54, 1.807) is 6.07 Å². The maximum absolute atomic E-state index is 12.6. The molecule has 0 amide bonds. The van der Waals surface area contributed by atoms with Crippen molar-refractivity contribution in [2.75, 3.05) is 6.54 Å². The number of alkyl halides is 2. The van der Waals surface area contributed by atoms with Crippen molar-refractivity contribution in [1.82, 2.24) is 15.8 Å². The Labute approximate surface area is 185 Å². The van der Waals surface area contributed by atoms with Crippen LogP contribution in [-0.2, 0) is 13.1 Å². The summed E-state index contributed by atoms with van der Waals surface area (Å²) in [7, 11) is 0. The second-order valence-corrected chi connectivity index (χ2v) is 6.49. The first-order valence-corrected chi connectivity index (χ1v) is 8.97. The molecule has 2 aromatic rings. The summed E-state index contributed by atoms with van der Waals surface area (Å²) in [5.41, 5.74) is 1.34. The van der Waals surface area contributed by atoms with Gasteiger partial charge in [0.2, 0.25) is 0 Å². The van der Waals surface area contributed by atoms with Gasteiger partial charge < -0.3 is 19.9 Å². The second kappa shape index (κ2) is 12.1. The maximum atomic E-state index is 12.6. The Morgan fingerprint density at radius 1 is 1.29 bits per heavy atom. The number of nitrogens with zero attached hydrogens (tertiary/aromatic N) is 2. The molecule has 0 aliphatic heterocycles. The highest BCUT2D eigenvalue weighted by Crippen LogP contribution is 2.25. The normalized spacial score (nSPS) is 11.5. The number of benzene rings is 1. The van der Waals surface area contributed by atoms with Crippen LogP contribution in [0, 0.1) is 0 Å². The quantitative estimate of drug-likeness (QED) is 0.289. The minimum atomic E-state index is -2.91. The van der Waals surface area contributed by atoms with Crippen molar-refractivity contribution in [3.63, 3.8) is 0 Å². The molecule has 1 aromatic heterocycles. The van der Waals surface area contributed by atoms with Crippen molar-refractivity contribution in [2.45, 2.75) is 46.4 Å². The molecule has 156 valence electrons. The number of nitrogens with one attached hydrogen (secondary N) is 2. The monoisotopic (exact) mass is 528 g/mol. The lowest BCUT2D eigenvalue weighted by Gasteiger charge is -2.12. The van der Waals surface area contributed by atoms with Crippen LogP contribution in [0.2, 0.25) is 5.02 Å². The van der Waals surface area contributed by atoms with E-state index >= 15 is 0 Å². The summed E-state index contributed by atoms with van der Waals surface area (Å²) in [5, 5.41) is 10.6. The maximum Gasteiger partial charge on any atom is 0.387 e. The van der Waals surface area contributed by atoms with Crippen LogP contribution in [0.25, 0.3) is 0 Å². The Balaban J connectivity index is 0.00000392. The number of aromatic nitrogens is 1. The van der Waals surface area contributed by atoms with Gasteiger partial charge in [-0.05, 0) is 31.0 Å². The fourth-order valence-electron chi connectivity index (χ4n) is 2.24. The number of hydrogen-bond acceptors (Lipinski definition) is 4. The van der Waals surface area contributed by atoms with Crippen LogP contribution in [0.15, 0.2) is 33.8 Å². The Bertz CT molecular complexity index is 772. The van der Waals surface area contributed by atoms with E-state index in [0.29, 0.717) is 35.4 Å². The van der Waals surface area contributed by atoms with Crippen molar-refractivity contribution in [3.05, 3.63) is 46.3 Å². The molecule has 2 N–H and O–H groups in total. The first-order chi connectivity index (χ1) is 12.9. The van der Waals surface area contributed by atoms with Crippen molar-refractivity contribution in [3.8, 4) is 5.75 Å². The molecule has 0 spiro atoms. The first kappa shape index (κ1) is 24.4. The van der Waals surface area contributed by atoms with E-state index in [1.807, 2.05) is 26.8 Å². The van der Waals surface area contributed by atoms with Crippen LogP contribution in [0.3, 0.4) is 0 Å². The van der Waals surface area contributed by atoms with E-state index < -0.39 is 6.61 Å². The van der Waals surface area contributed by atoms with Crippen LogP contribution in [0.4, 0.5) is 8.78 Å². The summed E-state index contributed by atoms with van der Waals surface area (Å²) in [5.74, 6) is 1.50. The van der Waals surface area contributed by atoms with E-state index in [1.165, 1.54) is 12.1 Å². The first-order valence-electron chi connectivity index (χ1n) is 8.60. The number of halogens is 4. The molecule has 0 unspecified atom stereocenters. The molecule has 6 nitrogen and oxygen atoms in total. The standard InChI is InChI=1S/C18H23ClF2N4O2.HI/c1-4-22-18(24-10-14-8-15(11(2)3)25-27-14)23-9-12-7-13(19)5-6-16(12)26-17(20)21;/h5-8,11,17H,4,9-10H2,1-3H3,(H2,22,23,24);1H. The smallest absolute Gasteiger partial charge is 0.387 e. The lowest BCUT2D eigenvalue weighted by Crippen LogP contribution is -2.36. The average molecular weight is 529 g/mol. The highest BCUT2D eigenvalue weighted by atomic mass is 127. The van der Waals surface area contributed by atoms with Crippen molar-refractivity contribution < 1.29 is 18.0 Å². The molecule has 1 heterocycles. The fourth-order valence-corrected chi connectivity index (χ4v) is 2.44. The van der Waals surface area contributed by atoms with E-state index in [0.717, 1.165) is 5.69 Å². The Morgan fingerprint density at radius 2 is 2.04 bits per heavy atom. The average Bonchev–Trinajstić information content (AvgIpc) is 3.08. The van der Waals surface area contributed by atoms with Gasteiger partial charge in [0.1, 0.15) is 5.75 Å². The molecule has 0 saturated carbocycles. The summed E-state index contributed by atoms with van der Waals surface area (Å²) in [4.78, 5) is 4.40. The van der Waals surface area contributed by atoms with Crippen molar-refractivity contribution >= 4 is 41.5 Å². The summed E-state index contributed by atoms with van der Waals surface area (Å²) < 4.78 is 34.9. The molecular formula is C18H24ClF2IN4O2. The third-order valence-electron chi connectivity index (χ3n) is 3.59. The molecule has 0 aliphatic carbocycles. The Morgan fingerprint density at radius 3 is 2.64 bits per heavy atom. The number of hydrogen-bond donors (Lipinski definition) is 2. The predicted octanol–water partition coefficient (Wildman–Crippen LogP) is 4.93. The van der Waals surface area contributed by atoms with Crippen LogP contribution < -0.4 is 15.4 Å². The molecule has 0 atom stereocenters. The van der Waals surface area contributed by atoms with Gasteiger partial charge in [0.15, 0.2) is 11.7 Å². The molecule has 0 radical (unpaired) electrons. The molecule has 2 rings (SSSR count). The summed E-state index contributed by atoms with van der Waals surface area (Å²) in [6.07, 6.45) is 0. The summed E-state index contributed by atoms with van der Waals surface area (Å²) in [6, 6.07) is 6.33. The third-order valence-corrected chi connectivity index (χ3v) is 3.82. The molecule has 10 heteroatoms. The van der Waals surface area contributed by atoms with E-state index in [4.69, 9.17) is 16.1 Å². The van der Waals surface area contributed by atoms with Gasteiger partial charge in [0.25, 0.3) is 0 Å². The lowest BCUT2D eigenvalue weighted by molar-refractivity contribution is -0.0504. The van der Waals surface area contributed by atoms with Gasteiger partial charge in [-0.15, -0.1) is 24.0 Å². The van der Waals surface area contributed by atoms with Crippen LogP contribution in [0.1, 0.15) is 43.7 Å². The van der Waals surface area contributed by atoms with Gasteiger partial charge in [0, 0.05) is 23.2 Å². The third kappa shape index (κ3) is 7.78. The van der Waals surface area contributed by atoms with Gasteiger partial charge >= 0.3 is 6.61 Å². The summed E-state index contributed by atoms with van der Waals surface area (Å²) in [6.45, 7) is 4.22. The number of ether oxygens (including phenoxy) is 1. The topological polar surface area (TPSA) is 71.7 Å². The zero-order valence-electron chi connectivity index (χ0n) is 15.8. The second-order valence-electron chi connectivity index (χ2n) is 6.05. The molecule has 0 fully saturated rings. The highest BCUT2D eigenvalue weighted by molar-refractivity contribution is 14.0. The van der Waals surface area contributed by atoms with Crippen molar-refractivity contribution in [1.29, 1.82) is 0 Å². The van der Waals surface area contributed by atoms with Crippen LogP contribution in [0.5, 0.6) is 5.75 Å². The zero-order chi connectivity index (χ0) is 19.8. The summed E-state index contributed by atoms with van der Waals surface area (Å²) >= 11 is 5.96. The fraction of sp³-hybridized carbons (Fsp3) is 0.444. The lowest BCUT2D eigenvalue weighted by atomic mass is 10.1. The van der Waals surface area contributed by atoms with Gasteiger partial charge in [-0.25, -0.2) is 4.99 Å². The highest BCUT2D eigenvalue weighted by Gasteiger charge is 2.11. The van der Waals surface area contributed by atoms with Gasteiger partial charge in [-0.3, -0.25) is 0 Å². The zero-order valence-corrected chi connectivity index (χ0v) is 18.9. The number of guanidine groups is 1. The van der Waals surface area contributed by atoms with E-state index in [-0.39, 0.29) is 42.2 Å². The Kier molecular flexibility index (Phi) is 10.5. The number of rotatable bonds is 8. The van der Waals surface area contributed by atoms with Gasteiger partial charge in [-0.2, -0.15) is 8.78 Å². The number of aliphatic imine (C=N–C) groups is 1. The Hall–Kier alpha value is -1.62. The molecule has 28 heavy (non-hydrogen) atoms. The van der Waals surface area contributed by atoms with E-state index in [9.17, 15) is 8.78 Å².